The minimum Gasteiger partial charge on any atom is -0.378 e. The zero-order valence-corrected chi connectivity index (χ0v) is 16.4. The summed E-state index contributed by atoms with van der Waals surface area (Å²) < 4.78 is 0.975. The molecule has 0 heterocycles. The van der Waals surface area contributed by atoms with E-state index < -0.39 is 0 Å². The Bertz CT molecular complexity index is 842. The van der Waals surface area contributed by atoms with Gasteiger partial charge in [0.2, 0.25) is 0 Å². The van der Waals surface area contributed by atoms with E-state index >= 15 is 0 Å². The molecule has 3 heteroatoms. The molecule has 0 aliphatic heterocycles. The molecule has 26 heavy (non-hydrogen) atoms. The standard InChI is InChI=1S/C23H22BrNO/c1-2-17-8-14-21(15-9-17)25-22(18-6-4-3-5-7-18)16-23(26)19-10-12-20(24)13-11-19/h3-15,22,25H,2,16H2,1H3. The fraction of sp³-hybridized carbons (Fsp3) is 0.174. The van der Waals surface area contributed by atoms with Crippen LogP contribution in [-0.2, 0) is 6.42 Å². The van der Waals surface area contributed by atoms with Gasteiger partial charge in [-0.1, -0.05) is 77.5 Å². The molecule has 0 spiro atoms. The Balaban J connectivity index is 1.81. The van der Waals surface area contributed by atoms with Crippen molar-refractivity contribution in [2.75, 3.05) is 5.32 Å². The van der Waals surface area contributed by atoms with Gasteiger partial charge in [-0.05, 0) is 41.8 Å². The molecule has 0 fully saturated rings. The molecule has 0 aliphatic carbocycles. The first kappa shape index (κ1) is 18.4. The van der Waals surface area contributed by atoms with Crippen molar-refractivity contribution >= 4 is 27.4 Å². The molecule has 0 saturated carbocycles. The number of ketones is 1. The smallest absolute Gasteiger partial charge is 0.165 e. The number of hydrogen-bond acceptors (Lipinski definition) is 2. The molecule has 2 nitrogen and oxygen atoms in total. The maximum absolute atomic E-state index is 12.8. The van der Waals surface area contributed by atoms with Crippen LogP contribution in [0.1, 0.15) is 40.9 Å². The average molecular weight is 408 g/mol. The summed E-state index contributed by atoms with van der Waals surface area (Å²) in [6, 6.07) is 26.0. The number of hydrogen-bond donors (Lipinski definition) is 1. The molecule has 0 bridgehead atoms. The maximum Gasteiger partial charge on any atom is 0.165 e. The fourth-order valence-electron chi connectivity index (χ4n) is 2.91. The summed E-state index contributed by atoms with van der Waals surface area (Å²) in [6.45, 7) is 2.14. The van der Waals surface area contributed by atoms with Gasteiger partial charge < -0.3 is 5.32 Å². The Morgan fingerprint density at radius 1 is 0.923 bits per heavy atom. The number of rotatable bonds is 7. The highest BCUT2D eigenvalue weighted by molar-refractivity contribution is 9.10. The summed E-state index contributed by atoms with van der Waals surface area (Å²) >= 11 is 3.41. The van der Waals surface area contributed by atoms with Crippen molar-refractivity contribution in [3.8, 4) is 0 Å². The zero-order chi connectivity index (χ0) is 18.4. The molecule has 1 atom stereocenters. The minimum atomic E-state index is -0.0696. The second-order valence-corrected chi connectivity index (χ2v) is 7.21. The van der Waals surface area contributed by atoms with Crippen molar-refractivity contribution in [3.05, 3.63) is 100 Å². The Hall–Kier alpha value is -2.39. The summed E-state index contributed by atoms with van der Waals surface area (Å²) in [5, 5.41) is 3.53. The van der Waals surface area contributed by atoms with Gasteiger partial charge in [-0.3, -0.25) is 4.79 Å². The van der Waals surface area contributed by atoms with Crippen LogP contribution in [0.25, 0.3) is 0 Å². The molecule has 0 aromatic heterocycles. The van der Waals surface area contributed by atoms with Gasteiger partial charge >= 0.3 is 0 Å². The van der Waals surface area contributed by atoms with Gasteiger partial charge in [0.05, 0.1) is 6.04 Å². The van der Waals surface area contributed by atoms with E-state index in [-0.39, 0.29) is 11.8 Å². The van der Waals surface area contributed by atoms with Crippen molar-refractivity contribution in [2.24, 2.45) is 0 Å². The van der Waals surface area contributed by atoms with E-state index in [4.69, 9.17) is 0 Å². The van der Waals surface area contributed by atoms with Crippen molar-refractivity contribution in [3.63, 3.8) is 0 Å². The summed E-state index contributed by atoms with van der Waals surface area (Å²) in [5.74, 6) is 0.129. The van der Waals surface area contributed by atoms with Crippen molar-refractivity contribution in [1.29, 1.82) is 0 Å². The quantitative estimate of drug-likeness (QED) is 0.456. The topological polar surface area (TPSA) is 29.1 Å². The summed E-state index contributed by atoms with van der Waals surface area (Å²) in [4.78, 5) is 12.8. The molecule has 0 aliphatic rings. The van der Waals surface area contributed by atoms with Gasteiger partial charge in [0.15, 0.2) is 5.78 Å². The monoisotopic (exact) mass is 407 g/mol. The number of halogens is 1. The Morgan fingerprint density at radius 3 is 2.19 bits per heavy atom. The third kappa shape index (κ3) is 4.83. The molecule has 3 aromatic carbocycles. The van der Waals surface area contributed by atoms with Gasteiger partial charge in [0.25, 0.3) is 0 Å². The normalized spacial score (nSPS) is 11.8. The first-order chi connectivity index (χ1) is 12.7. The largest absolute Gasteiger partial charge is 0.378 e. The van der Waals surface area contributed by atoms with Gasteiger partial charge in [0.1, 0.15) is 0 Å². The number of nitrogens with one attached hydrogen (secondary N) is 1. The van der Waals surface area contributed by atoms with E-state index in [0.29, 0.717) is 6.42 Å². The molecule has 132 valence electrons. The van der Waals surface area contributed by atoms with Crippen LogP contribution in [0, 0.1) is 0 Å². The van der Waals surface area contributed by atoms with E-state index in [1.165, 1.54) is 5.56 Å². The second-order valence-electron chi connectivity index (χ2n) is 6.29. The fourth-order valence-corrected chi connectivity index (χ4v) is 3.18. The molecule has 3 rings (SSSR count). The van der Waals surface area contributed by atoms with E-state index in [1.54, 1.807) is 0 Å². The number of anilines is 1. The molecule has 0 amide bonds. The van der Waals surface area contributed by atoms with Crippen LogP contribution in [0.3, 0.4) is 0 Å². The maximum atomic E-state index is 12.8. The first-order valence-corrected chi connectivity index (χ1v) is 9.64. The first-order valence-electron chi connectivity index (χ1n) is 8.85. The lowest BCUT2D eigenvalue weighted by Gasteiger charge is -2.20. The molecular weight excluding hydrogens is 386 g/mol. The molecule has 3 aromatic rings. The summed E-state index contributed by atoms with van der Waals surface area (Å²) in [7, 11) is 0. The number of Topliss-reactive ketones (excluding diaryl/α,β-unsaturated/α-hetero) is 1. The van der Waals surface area contributed by atoms with Crippen LogP contribution in [0.15, 0.2) is 83.3 Å². The summed E-state index contributed by atoms with van der Waals surface area (Å²) in [6.07, 6.45) is 1.42. The minimum absolute atomic E-state index is 0.0696. The van der Waals surface area contributed by atoms with Crippen LogP contribution < -0.4 is 5.32 Å². The van der Waals surface area contributed by atoms with E-state index in [9.17, 15) is 4.79 Å². The van der Waals surface area contributed by atoms with Crippen LogP contribution in [0.4, 0.5) is 5.69 Å². The van der Waals surface area contributed by atoms with Crippen LogP contribution >= 0.6 is 15.9 Å². The van der Waals surface area contributed by atoms with Crippen LogP contribution in [-0.4, -0.2) is 5.78 Å². The highest BCUT2D eigenvalue weighted by atomic mass is 79.9. The highest BCUT2D eigenvalue weighted by Crippen LogP contribution is 2.25. The SMILES string of the molecule is CCc1ccc(NC(CC(=O)c2ccc(Br)cc2)c2ccccc2)cc1. The van der Waals surface area contributed by atoms with Crippen LogP contribution in [0.5, 0.6) is 0 Å². The zero-order valence-electron chi connectivity index (χ0n) is 14.8. The lowest BCUT2D eigenvalue weighted by atomic mass is 9.97. The molecule has 0 saturated heterocycles. The predicted octanol–water partition coefficient (Wildman–Crippen LogP) is 6.44. The average Bonchev–Trinajstić information content (AvgIpc) is 2.69. The second kappa shape index (κ2) is 8.81. The molecule has 1 unspecified atom stereocenters. The Labute approximate surface area is 163 Å². The third-order valence-electron chi connectivity index (χ3n) is 4.46. The molecule has 1 N–H and O–H groups in total. The molecule has 0 radical (unpaired) electrons. The molecular formula is C23H22BrNO. The van der Waals surface area contributed by atoms with Crippen LogP contribution in [0.2, 0.25) is 0 Å². The van der Waals surface area contributed by atoms with Gasteiger partial charge in [-0.15, -0.1) is 0 Å². The number of carbonyl (C=O) groups excluding carboxylic acids is 1. The number of benzene rings is 3. The van der Waals surface area contributed by atoms with Crippen molar-refractivity contribution in [2.45, 2.75) is 25.8 Å². The summed E-state index contributed by atoms with van der Waals surface area (Å²) in [5.41, 5.74) is 4.17. The third-order valence-corrected chi connectivity index (χ3v) is 4.99. The number of aryl methyl sites for hydroxylation is 1. The highest BCUT2D eigenvalue weighted by Gasteiger charge is 2.17. The van der Waals surface area contributed by atoms with Gasteiger partial charge in [-0.2, -0.15) is 0 Å². The van der Waals surface area contributed by atoms with Crippen molar-refractivity contribution in [1.82, 2.24) is 0 Å². The van der Waals surface area contributed by atoms with Gasteiger partial charge in [0, 0.05) is 22.1 Å². The van der Waals surface area contributed by atoms with Gasteiger partial charge in [-0.25, -0.2) is 0 Å². The lowest BCUT2D eigenvalue weighted by molar-refractivity contribution is 0.0976. The Morgan fingerprint density at radius 2 is 1.58 bits per heavy atom. The van der Waals surface area contributed by atoms with E-state index in [0.717, 1.165) is 27.7 Å². The Kier molecular flexibility index (Phi) is 6.24. The number of carbonyl (C=O) groups is 1. The van der Waals surface area contributed by atoms with E-state index in [2.05, 4.69) is 64.6 Å². The van der Waals surface area contributed by atoms with Crippen molar-refractivity contribution < 1.29 is 4.79 Å². The van der Waals surface area contributed by atoms with E-state index in [1.807, 2.05) is 42.5 Å². The predicted molar refractivity (Wildman–Crippen MR) is 112 cm³/mol. The lowest BCUT2D eigenvalue weighted by Crippen LogP contribution is -2.15.